The summed E-state index contributed by atoms with van der Waals surface area (Å²) >= 11 is 0. The van der Waals surface area contributed by atoms with Crippen LogP contribution in [0.2, 0.25) is 0 Å². The van der Waals surface area contributed by atoms with Crippen molar-refractivity contribution in [3.63, 3.8) is 0 Å². The molecule has 5 atom stereocenters. The molecule has 5 heteroatoms. The molecule has 0 fully saturated rings. The van der Waals surface area contributed by atoms with Crippen molar-refractivity contribution in [2.45, 2.75) is 82.4 Å². The van der Waals surface area contributed by atoms with Gasteiger partial charge in [-0.15, -0.1) is 0 Å². The van der Waals surface area contributed by atoms with Gasteiger partial charge < -0.3 is 25.2 Å². The second-order valence-corrected chi connectivity index (χ2v) is 6.57. The van der Waals surface area contributed by atoms with Crippen molar-refractivity contribution < 1.29 is 25.2 Å². The number of allylic oxidation sites excluding steroid dienone is 1. The van der Waals surface area contributed by atoms with E-state index in [9.17, 15) is 20.4 Å². The maximum Gasteiger partial charge on any atom is 0.113 e. The molecular formula is C18H30O5. The molecule has 1 heterocycles. The minimum absolute atomic E-state index is 0.184. The number of hydrogen-bond acceptors (Lipinski definition) is 5. The number of hydrogen-bond donors (Lipinski definition) is 4. The van der Waals surface area contributed by atoms with Crippen LogP contribution < -0.4 is 0 Å². The van der Waals surface area contributed by atoms with Gasteiger partial charge in [-0.3, -0.25) is 0 Å². The predicted molar refractivity (Wildman–Crippen MR) is 87.9 cm³/mol. The molecule has 0 saturated heterocycles. The number of aliphatic hydroxyl groups excluding tert-OH is 4. The lowest BCUT2D eigenvalue weighted by molar-refractivity contribution is -0.0964. The summed E-state index contributed by atoms with van der Waals surface area (Å²) in [5, 5.41) is 39.7. The van der Waals surface area contributed by atoms with Crippen molar-refractivity contribution in [2.75, 3.05) is 6.61 Å². The second-order valence-electron chi connectivity index (χ2n) is 6.57. The second kappa shape index (κ2) is 8.94. The van der Waals surface area contributed by atoms with Crippen molar-refractivity contribution in [1.82, 2.24) is 0 Å². The van der Waals surface area contributed by atoms with Gasteiger partial charge in [0.2, 0.25) is 0 Å². The lowest BCUT2D eigenvalue weighted by Gasteiger charge is -2.34. The third kappa shape index (κ3) is 4.43. The number of aliphatic hydroxyl groups is 4. The third-order valence-corrected chi connectivity index (χ3v) is 4.80. The summed E-state index contributed by atoms with van der Waals surface area (Å²) in [5.41, 5.74) is 1.01. The highest BCUT2D eigenvalue weighted by molar-refractivity contribution is 5.38. The van der Waals surface area contributed by atoms with Crippen LogP contribution in [-0.2, 0) is 4.74 Å². The average Bonchev–Trinajstić information content (AvgIpc) is 2.97. The lowest BCUT2D eigenvalue weighted by atomic mass is 9.82. The highest BCUT2D eigenvalue weighted by atomic mass is 16.5. The summed E-state index contributed by atoms with van der Waals surface area (Å²) < 4.78 is 5.59. The monoisotopic (exact) mass is 326 g/mol. The molecule has 0 aromatic rings. The van der Waals surface area contributed by atoms with Crippen LogP contribution in [0, 0.1) is 0 Å². The SMILES string of the molecule is CCCCCCCC/C=C/[C@H]1OCC2=C1[C@@H](O)[C@H](O)[C@@H](O)[C@@H]2O. The molecule has 0 aromatic heterocycles. The number of rotatable bonds is 8. The quantitative estimate of drug-likeness (QED) is 0.400. The van der Waals surface area contributed by atoms with Gasteiger partial charge in [-0.25, -0.2) is 0 Å². The van der Waals surface area contributed by atoms with Gasteiger partial charge in [0.25, 0.3) is 0 Å². The van der Waals surface area contributed by atoms with E-state index < -0.39 is 30.5 Å². The van der Waals surface area contributed by atoms with E-state index in [1.807, 2.05) is 12.2 Å². The topological polar surface area (TPSA) is 90.2 Å². The molecule has 23 heavy (non-hydrogen) atoms. The van der Waals surface area contributed by atoms with E-state index in [1.54, 1.807) is 0 Å². The summed E-state index contributed by atoms with van der Waals surface area (Å²) in [5.74, 6) is 0. The molecule has 0 saturated carbocycles. The lowest BCUT2D eigenvalue weighted by Crippen LogP contribution is -2.51. The number of ether oxygens (including phenoxy) is 1. The van der Waals surface area contributed by atoms with Crippen LogP contribution in [0.4, 0.5) is 0 Å². The molecule has 0 amide bonds. The van der Waals surface area contributed by atoms with Crippen molar-refractivity contribution >= 4 is 0 Å². The Morgan fingerprint density at radius 1 is 0.957 bits per heavy atom. The average molecular weight is 326 g/mol. The van der Waals surface area contributed by atoms with Crippen LogP contribution in [0.25, 0.3) is 0 Å². The summed E-state index contributed by atoms with van der Waals surface area (Å²) in [6.45, 7) is 2.39. The molecule has 5 nitrogen and oxygen atoms in total. The van der Waals surface area contributed by atoms with Gasteiger partial charge >= 0.3 is 0 Å². The van der Waals surface area contributed by atoms with Gasteiger partial charge in [-0.2, -0.15) is 0 Å². The van der Waals surface area contributed by atoms with Crippen LogP contribution in [-0.4, -0.2) is 57.6 Å². The first-order valence-corrected chi connectivity index (χ1v) is 8.81. The third-order valence-electron chi connectivity index (χ3n) is 4.80. The fourth-order valence-electron chi connectivity index (χ4n) is 3.33. The molecule has 0 aromatic carbocycles. The van der Waals surface area contributed by atoms with E-state index in [4.69, 9.17) is 4.74 Å². The molecular weight excluding hydrogens is 296 g/mol. The van der Waals surface area contributed by atoms with Crippen LogP contribution in [0.3, 0.4) is 0 Å². The first-order chi connectivity index (χ1) is 11.1. The van der Waals surface area contributed by atoms with Gasteiger partial charge in [0.15, 0.2) is 0 Å². The molecule has 132 valence electrons. The van der Waals surface area contributed by atoms with Gasteiger partial charge in [0, 0.05) is 0 Å². The van der Waals surface area contributed by atoms with E-state index in [-0.39, 0.29) is 6.61 Å². The minimum atomic E-state index is -1.38. The van der Waals surface area contributed by atoms with Crippen LogP contribution in [0.15, 0.2) is 23.3 Å². The van der Waals surface area contributed by atoms with Gasteiger partial charge in [-0.05, 0) is 24.0 Å². The Morgan fingerprint density at radius 3 is 2.35 bits per heavy atom. The number of unbranched alkanes of at least 4 members (excludes halogenated alkanes) is 6. The van der Waals surface area contributed by atoms with E-state index in [0.29, 0.717) is 11.1 Å². The standard InChI is InChI=1S/C18H30O5/c1-2-3-4-5-6-7-8-9-10-13-14-12(11-23-13)15(19)17(21)18(22)16(14)20/h9-10,13,15-22H,2-8,11H2,1H3/b10-9+/t13-,15-,16-,17+,18+/m1/s1. The largest absolute Gasteiger partial charge is 0.387 e. The Morgan fingerprint density at radius 2 is 1.61 bits per heavy atom. The van der Waals surface area contributed by atoms with E-state index in [0.717, 1.165) is 12.8 Å². The first kappa shape index (κ1) is 18.6. The summed E-state index contributed by atoms with van der Waals surface area (Å²) in [6, 6.07) is 0. The molecule has 0 spiro atoms. The molecule has 2 rings (SSSR count). The van der Waals surface area contributed by atoms with E-state index >= 15 is 0 Å². The zero-order chi connectivity index (χ0) is 16.8. The van der Waals surface area contributed by atoms with Gasteiger partial charge in [-0.1, -0.05) is 51.2 Å². The van der Waals surface area contributed by atoms with E-state index in [2.05, 4.69) is 6.92 Å². The Balaban J connectivity index is 1.83. The Bertz CT molecular complexity index is 431. The van der Waals surface area contributed by atoms with Crippen molar-refractivity contribution in [2.24, 2.45) is 0 Å². The zero-order valence-corrected chi connectivity index (χ0v) is 13.9. The van der Waals surface area contributed by atoms with Crippen molar-refractivity contribution in [1.29, 1.82) is 0 Å². The Labute approximate surface area is 138 Å². The Kier molecular flexibility index (Phi) is 7.24. The highest BCUT2D eigenvalue weighted by Gasteiger charge is 2.46. The van der Waals surface area contributed by atoms with Crippen LogP contribution in [0.5, 0.6) is 0 Å². The molecule has 4 N–H and O–H groups in total. The van der Waals surface area contributed by atoms with E-state index in [1.165, 1.54) is 32.1 Å². The molecule has 2 aliphatic rings. The first-order valence-electron chi connectivity index (χ1n) is 8.81. The summed E-state index contributed by atoms with van der Waals surface area (Å²) in [7, 11) is 0. The highest BCUT2D eigenvalue weighted by Crippen LogP contribution is 2.35. The maximum absolute atomic E-state index is 10.1. The van der Waals surface area contributed by atoms with Crippen molar-refractivity contribution in [3.05, 3.63) is 23.3 Å². The normalized spacial score (nSPS) is 34.4. The molecule has 0 unspecified atom stereocenters. The van der Waals surface area contributed by atoms with Gasteiger partial charge in [0.1, 0.15) is 30.5 Å². The smallest absolute Gasteiger partial charge is 0.113 e. The minimum Gasteiger partial charge on any atom is -0.387 e. The molecule has 1 aliphatic heterocycles. The fourth-order valence-corrected chi connectivity index (χ4v) is 3.33. The Hall–Kier alpha value is -0.720. The maximum atomic E-state index is 10.1. The molecule has 1 aliphatic carbocycles. The van der Waals surface area contributed by atoms with Crippen molar-refractivity contribution in [3.8, 4) is 0 Å². The molecule has 0 bridgehead atoms. The van der Waals surface area contributed by atoms with Gasteiger partial charge in [0.05, 0.1) is 6.61 Å². The zero-order valence-electron chi connectivity index (χ0n) is 13.9. The fraction of sp³-hybridized carbons (Fsp3) is 0.778. The summed E-state index contributed by atoms with van der Waals surface area (Å²) in [6.07, 6.45) is 6.84. The van der Waals surface area contributed by atoms with Crippen LogP contribution in [0.1, 0.15) is 51.9 Å². The molecule has 0 radical (unpaired) electrons. The summed E-state index contributed by atoms with van der Waals surface area (Å²) in [4.78, 5) is 0. The predicted octanol–water partition coefficient (Wildman–Crippen LogP) is 1.45. The van der Waals surface area contributed by atoms with Crippen LogP contribution >= 0.6 is 0 Å².